The van der Waals surface area contributed by atoms with Crippen LogP contribution in [0.1, 0.15) is 22.7 Å². The van der Waals surface area contributed by atoms with Crippen LogP contribution in [0.15, 0.2) is 42.5 Å². The predicted molar refractivity (Wildman–Crippen MR) is 78.3 cm³/mol. The van der Waals surface area contributed by atoms with Crippen molar-refractivity contribution in [2.45, 2.75) is 13.0 Å². The van der Waals surface area contributed by atoms with Crippen molar-refractivity contribution in [3.05, 3.63) is 64.2 Å². The molecular formula is C15H17ClN2O. The maximum Gasteiger partial charge on any atom is 0.125 e. The summed E-state index contributed by atoms with van der Waals surface area (Å²) in [6, 6.07) is 13.5. The summed E-state index contributed by atoms with van der Waals surface area (Å²) in [5.74, 6) is 6.45. The Balaban J connectivity index is 2.51. The smallest absolute Gasteiger partial charge is 0.125 e. The molecule has 0 saturated carbocycles. The van der Waals surface area contributed by atoms with Crippen molar-refractivity contribution in [2.24, 2.45) is 5.84 Å². The topological polar surface area (TPSA) is 47.3 Å². The van der Waals surface area contributed by atoms with E-state index in [-0.39, 0.29) is 6.04 Å². The molecule has 0 aliphatic carbocycles. The van der Waals surface area contributed by atoms with Crippen molar-refractivity contribution < 1.29 is 4.74 Å². The lowest BCUT2D eigenvalue weighted by Crippen LogP contribution is -2.29. The van der Waals surface area contributed by atoms with Crippen LogP contribution in [0, 0.1) is 6.92 Å². The van der Waals surface area contributed by atoms with Crippen LogP contribution in [-0.4, -0.2) is 7.11 Å². The van der Waals surface area contributed by atoms with E-state index in [1.165, 1.54) is 5.56 Å². The van der Waals surface area contributed by atoms with Crippen LogP contribution in [-0.2, 0) is 0 Å². The molecule has 2 rings (SSSR count). The lowest BCUT2D eigenvalue weighted by atomic mass is 9.95. The predicted octanol–water partition coefficient (Wildman–Crippen LogP) is 3.21. The number of hydrogen-bond acceptors (Lipinski definition) is 3. The van der Waals surface area contributed by atoms with Crippen molar-refractivity contribution in [2.75, 3.05) is 7.11 Å². The first-order valence-electron chi connectivity index (χ1n) is 6.02. The second-order valence-corrected chi connectivity index (χ2v) is 4.78. The zero-order chi connectivity index (χ0) is 13.8. The van der Waals surface area contributed by atoms with E-state index in [4.69, 9.17) is 22.2 Å². The maximum absolute atomic E-state index is 5.99. The third-order valence-electron chi connectivity index (χ3n) is 3.17. The molecule has 100 valence electrons. The summed E-state index contributed by atoms with van der Waals surface area (Å²) in [4.78, 5) is 0. The molecule has 0 amide bonds. The van der Waals surface area contributed by atoms with Gasteiger partial charge in [-0.15, -0.1) is 0 Å². The first kappa shape index (κ1) is 13.9. The molecule has 4 heteroatoms. The average molecular weight is 277 g/mol. The number of hydrazine groups is 1. The molecule has 0 aliphatic heterocycles. The van der Waals surface area contributed by atoms with E-state index < -0.39 is 0 Å². The van der Waals surface area contributed by atoms with Crippen LogP contribution in [0.2, 0.25) is 5.02 Å². The summed E-state index contributed by atoms with van der Waals surface area (Å²) < 4.78 is 5.39. The molecule has 3 nitrogen and oxygen atoms in total. The van der Waals surface area contributed by atoms with E-state index in [9.17, 15) is 0 Å². The quantitative estimate of drug-likeness (QED) is 0.666. The van der Waals surface area contributed by atoms with Crippen LogP contribution in [0.3, 0.4) is 0 Å². The lowest BCUT2D eigenvalue weighted by molar-refractivity contribution is 0.404. The van der Waals surface area contributed by atoms with Gasteiger partial charge in [-0.1, -0.05) is 41.9 Å². The highest BCUT2D eigenvalue weighted by Gasteiger charge is 2.18. The lowest BCUT2D eigenvalue weighted by Gasteiger charge is -2.21. The van der Waals surface area contributed by atoms with Gasteiger partial charge in [0.1, 0.15) is 5.75 Å². The standard InChI is InChI=1S/C15H17ClN2O/c1-10-5-3-4-6-12(10)15(18-17)13-8-7-11(16)9-14(13)19-2/h3-9,15,18H,17H2,1-2H3. The van der Waals surface area contributed by atoms with Crippen molar-refractivity contribution in [1.82, 2.24) is 5.43 Å². The summed E-state index contributed by atoms with van der Waals surface area (Å²) in [6.07, 6.45) is 0. The summed E-state index contributed by atoms with van der Waals surface area (Å²) in [5.41, 5.74) is 6.09. The number of halogens is 1. The zero-order valence-corrected chi connectivity index (χ0v) is 11.7. The number of benzene rings is 2. The second kappa shape index (κ2) is 6.06. The Labute approximate surface area is 118 Å². The molecule has 19 heavy (non-hydrogen) atoms. The summed E-state index contributed by atoms with van der Waals surface area (Å²) in [6.45, 7) is 2.06. The molecule has 0 fully saturated rings. The van der Waals surface area contributed by atoms with Gasteiger partial charge >= 0.3 is 0 Å². The first-order valence-corrected chi connectivity index (χ1v) is 6.40. The average Bonchev–Trinajstić information content (AvgIpc) is 2.43. The van der Waals surface area contributed by atoms with E-state index in [1.54, 1.807) is 13.2 Å². The van der Waals surface area contributed by atoms with Gasteiger partial charge in [0.15, 0.2) is 0 Å². The molecule has 1 atom stereocenters. The number of nitrogens with one attached hydrogen (secondary N) is 1. The van der Waals surface area contributed by atoms with Crippen LogP contribution in [0.25, 0.3) is 0 Å². The SMILES string of the molecule is COc1cc(Cl)ccc1C(NN)c1ccccc1C. The largest absolute Gasteiger partial charge is 0.496 e. The highest BCUT2D eigenvalue weighted by molar-refractivity contribution is 6.30. The Hall–Kier alpha value is -1.55. The van der Waals surface area contributed by atoms with Gasteiger partial charge in [-0.25, -0.2) is 5.43 Å². The molecule has 0 saturated heterocycles. The molecule has 0 bridgehead atoms. The summed E-state index contributed by atoms with van der Waals surface area (Å²) >= 11 is 5.99. The van der Waals surface area contributed by atoms with Crippen LogP contribution in [0.5, 0.6) is 5.75 Å². The van der Waals surface area contributed by atoms with Crippen molar-refractivity contribution in [3.63, 3.8) is 0 Å². The molecular weight excluding hydrogens is 260 g/mol. The molecule has 0 heterocycles. The summed E-state index contributed by atoms with van der Waals surface area (Å²) in [7, 11) is 1.63. The first-order chi connectivity index (χ1) is 9.17. The molecule has 1 unspecified atom stereocenters. The highest BCUT2D eigenvalue weighted by Crippen LogP contribution is 2.32. The minimum absolute atomic E-state index is 0.131. The molecule has 2 aromatic rings. The zero-order valence-electron chi connectivity index (χ0n) is 11.0. The number of rotatable bonds is 4. The number of ether oxygens (including phenoxy) is 1. The molecule has 0 aromatic heterocycles. The summed E-state index contributed by atoms with van der Waals surface area (Å²) in [5, 5.41) is 0.640. The fourth-order valence-corrected chi connectivity index (χ4v) is 2.34. The van der Waals surface area contributed by atoms with Gasteiger partial charge in [0.2, 0.25) is 0 Å². The van der Waals surface area contributed by atoms with E-state index in [1.807, 2.05) is 30.3 Å². The number of methoxy groups -OCH3 is 1. The number of hydrogen-bond donors (Lipinski definition) is 2. The minimum atomic E-state index is -0.131. The van der Waals surface area contributed by atoms with Crippen LogP contribution < -0.4 is 16.0 Å². The van der Waals surface area contributed by atoms with Gasteiger partial charge in [0.05, 0.1) is 13.2 Å². The van der Waals surface area contributed by atoms with Crippen molar-refractivity contribution in [3.8, 4) is 5.75 Å². The molecule has 3 N–H and O–H groups in total. The molecule has 0 aliphatic rings. The van der Waals surface area contributed by atoms with Gasteiger partial charge in [0.25, 0.3) is 0 Å². The van der Waals surface area contributed by atoms with Crippen LogP contribution in [0.4, 0.5) is 0 Å². The number of nitrogens with two attached hydrogens (primary N) is 1. The fourth-order valence-electron chi connectivity index (χ4n) is 2.18. The Morgan fingerprint density at radius 2 is 1.89 bits per heavy atom. The Morgan fingerprint density at radius 1 is 1.16 bits per heavy atom. The Kier molecular flexibility index (Phi) is 4.43. The maximum atomic E-state index is 5.99. The molecule has 2 aromatic carbocycles. The van der Waals surface area contributed by atoms with Crippen molar-refractivity contribution >= 4 is 11.6 Å². The van der Waals surface area contributed by atoms with Gasteiger partial charge in [-0.3, -0.25) is 5.84 Å². The van der Waals surface area contributed by atoms with Crippen molar-refractivity contribution in [1.29, 1.82) is 0 Å². The van der Waals surface area contributed by atoms with E-state index in [0.717, 1.165) is 16.9 Å². The Bertz CT molecular complexity index is 572. The van der Waals surface area contributed by atoms with E-state index in [2.05, 4.69) is 18.4 Å². The Morgan fingerprint density at radius 3 is 2.53 bits per heavy atom. The monoisotopic (exact) mass is 276 g/mol. The minimum Gasteiger partial charge on any atom is -0.496 e. The van der Waals surface area contributed by atoms with Gasteiger partial charge in [0, 0.05) is 10.6 Å². The molecule has 0 spiro atoms. The van der Waals surface area contributed by atoms with Gasteiger partial charge < -0.3 is 4.74 Å². The molecule has 0 radical (unpaired) electrons. The second-order valence-electron chi connectivity index (χ2n) is 4.34. The normalized spacial score (nSPS) is 12.2. The number of aryl methyl sites for hydroxylation is 1. The third kappa shape index (κ3) is 2.89. The van der Waals surface area contributed by atoms with E-state index in [0.29, 0.717) is 5.02 Å². The highest BCUT2D eigenvalue weighted by atomic mass is 35.5. The van der Waals surface area contributed by atoms with Gasteiger partial charge in [-0.05, 0) is 30.2 Å². The third-order valence-corrected chi connectivity index (χ3v) is 3.41. The fraction of sp³-hybridized carbons (Fsp3) is 0.200. The van der Waals surface area contributed by atoms with Crippen LogP contribution >= 0.6 is 11.6 Å². The van der Waals surface area contributed by atoms with Gasteiger partial charge in [-0.2, -0.15) is 0 Å². The van der Waals surface area contributed by atoms with E-state index >= 15 is 0 Å².